The van der Waals surface area contributed by atoms with Gasteiger partial charge in [0.1, 0.15) is 5.75 Å². The van der Waals surface area contributed by atoms with E-state index in [9.17, 15) is 19.5 Å². The summed E-state index contributed by atoms with van der Waals surface area (Å²) in [5.41, 5.74) is 3.23. The average Bonchev–Trinajstić information content (AvgIpc) is 2.74. The minimum atomic E-state index is -0.978. The van der Waals surface area contributed by atoms with Gasteiger partial charge in [-0.05, 0) is 42.7 Å². The number of benzene rings is 2. The zero-order valence-corrected chi connectivity index (χ0v) is 16.4. The molecule has 1 aliphatic rings. The average molecular weight is 408 g/mol. The molecule has 0 heterocycles. The largest absolute Gasteiger partial charge is 0.508 e. The highest BCUT2D eigenvalue weighted by atomic mass is 16.3. The molecule has 0 unspecified atom stereocenters. The van der Waals surface area contributed by atoms with E-state index in [2.05, 4.69) is 21.2 Å². The molecule has 8 heteroatoms. The molecular formula is C22H24N4O4. The van der Waals surface area contributed by atoms with Gasteiger partial charge in [0.15, 0.2) is 0 Å². The molecule has 156 valence electrons. The molecule has 1 fully saturated rings. The molecule has 3 amide bonds. The van der Waals surface area contributed by atoms with Gasteiger partial charge in [-0.25, -0.2) is 5.43 Å². The summed E-state index contributed by atoms with van der Waals surface area (Å²) >= 11 is 0. The minimum absolute atomic E-state index is 0.0612. The van der Waals surface area contributed by atoms with Gasteiger partial charge in [0.05, 0.1) is 17.5 Å². The number of amides is 3. The summed E-state index contributed by atoms with van der Waals surface area (Å²) in [4.78, 5) is 36.9. The van der Waals surface area contributed by atoms with Crippen molar-refractivity contribution in [3.05, 3.63) is 59.7 Å². The highest BCUT2D eigenvalue weighted by molar-refractivity contribution is 6.40. The standard InChI is InChI=1S/C22H24N4O4/c27-17-10-6-7-15(13-17)14-23-26-22(30)21(29)25-19-12-5-4-11-18(19)20(28)24-16-8-2-1-3-9-16/h4-7,10-14,16,27H,1-3,8-9H2,(H,24,28)(H,25,29)(H,26,30). The monoisotopic (exact) mass is 408 g/mol. The van der Waals surface area contributed by atoms with Crippen molar-refractivity contribution in [2.24, 2.45) is 5.10 Å². The van der Waals surface area contributed by atoms with E-state index in [0.29, 0.717) is 11.1 Å². The van der Waals surface area contributed by atoms with Gasteiger partial charge in [0, 0.05) is 6.04 Å². The van der Waals surface area contributed by atoms with Gasteiger partial charge in [0.2, 0.25) is 0 Å². The van der Waals surface area contributed by atoms with Gasteiger partial charge in [-0.3, -0.25) is 14.4 Å². The number of hydrogen-bond donors (Lipinski definition) is 4. The third kappa shape index (κ3) is 5.91. The smallest absolute Gasteiger partial charge is 0.329 e. The first-order valence-corrected chi connectivity index (χ1v) is 9.86. The van der Waals surface area contributed by atoms with Crippen LogP contribution in [0.4, 0.5) is 5.69 Å². The number of anilines is 1. The summed E-state index contributed by atoms with van der Waals surface area (Å²) < 4.78 is 0. The van der Waals surface area contributed by atoms with Crippen LogP contribution in [0.25, 0.3) is 0 Å². The number of carbonyl (C=O) groups excluding carboxylic acids is 3. The van der Waals surface area contributed by atoms with Gasteiger partial charge in [0.25, 0.3) is 5.91 Å². The molecule has 1 saturated carbocycles. The number of para-hydroxylation sites is 1. The van der Waals surface area contributed by atoms with Gasteiger partial charge in [-0.1, -0.05) is 43.5 Å². The number of phenols is 1. The molecule has 0 radical (unpaired) electrons. The first-order valence-electron chi connectivity index (χ1n) is 9.86. The van der Waals surface area contributed by atoms with Crippen molar-refractivity contribution in [1.29, 1.82) is 0 Å². The summed E-state index contributed by atoms with van der Waals surface area (Å²) in [6, 6.07) is 12.9. The fraction of sp³-hybridized carbons (Fsp3) is 0.273. The zero-order chi connectivity index (χ0) is 21.3. The molecule has 4 N–H and O–H groups in total. The summed E-state index contributed by atoms with van der Waals surface area (Å²) in [6.45, 7) is 0. The molecule has 0 saturated heterocycles. The molecule has 0 atom stereocenters. The van der Waals surface area contributed by atoms with Crippen LogP contribution < -0.4 is 16.1 Å². The Morgan fingerprint density at radius 2 is 1.73 bits per heavy atom. The third-order valence-corrected chi connectivity index (χ3v) is 4.82. The molecule has 0 aliphatic heterocycles. The van der Waals surface area contributed by atoms with E-state index in [1.807, 2.05) is 0 Å². The summed E-state index contributed by atoms with van der Waals surface area (Å²) in [5, 5.41) is 18.6. The van der Waals surface area contributed by atoms with Crippen LogP contribution in [0.15, 0.2) is 53.6 Å². The maximum absolute atomic E-state index is 12.6. The van der Waals surface area contributed by atoms with Crippen LogP contribution >= 0.6 is 0 Å². The highest BCUT2D eigenvalue weighted by Gasteiger charge is 2.20. The second kappa shape index (κ2) is 10.2. The summed E-state index contributed by atoms with van der Waals surface area (Å²) in [5.74, 6) is -2.14. The van der Waals surface area contributed by atoms with E-state index in [-0.39, 0.29) is 23.4 Å². The van der Waals surface area contributed by atoms with Crippen LogP contribution in [0.1, 0.15) is 48.0 Å². The Kier molecular flexibility index (Phi) is 7.15. The van der Waals surface area contributed by atoms with Crippen molar-refractivity contribution >= 4 is 29.6 Å². The van der Waals surface area contributed by atoms with Gasteiger partial charge >= 0.3 is 11.8 Å². The lowest BCUT2D eigenvalue weighted by Gasteiger charge is -2.23. The topological polar surface area (TPSA) is 120 Å². The number of rotatable bonds is 5. The van der Waals surface area contributed by atoms with Gasteiger partial charge in [-0.15, -0.1) is 0 Å². The maximum Gasteiger partial charge on any atom is 0.329 e. The quantitative estimate of drug-likeness (QED) is 0.345. The first kappa shape index (κ1) is 21.0. The molecule has 2 aromatic carbocycles. The molecular weight excluding hydrogens is 384 g/mol. The Balaban J connectivity index is 1.59. The molecule has 0 bridgehead atoms. The molecule has 30 heavy (non-hydrogen) atoms. The van der Waals surface area contributed by atoms with Gasteiger partial charge < -0.3 is 15.7 Å². The fourth-order valence-corrected chi connectivity index (χ4v) is 3.30. The molecule has 0 aromatic heterocycles. The van der Waals surface area contributed by atoms with E-state index in [0.717, 1.165) is 25.7 Å². The summed E-state index contributed by atoms with van der Waals surface area (Å²) in [6.07, 6.45) is 6.55. The van der Waals surface area contributed by atoms with Crippen molar-refractivity contribution in [1.82, 2.24) is 10.7 Å². The van der Waals surface area contributed by atoms with Crippen LogP contribution in [-0.4, -0.2) is 35.1 Å². The zero-order valence-electron chi connectivity index (χ0n) is 16.4. The Bertz CT molecular complexity index is 952. The SMILES string of the molecule is O=C(NN=Cc1cccc(O)c1)C(=O)Nc1ccccc1C(=O)NC1CCCCC1. The molecule has 1 aliphatic carbocycles. The number of hydrogen-bond acceptors (Lipinski definition) is 5. The van der Waals surface area contributed by atoms with E-state index in [4.69, 9.17) is 0 Å². The van der Waals surface area contributed by atoms with E-state index in [1.165, 1.54) is 24.8 Å². The second-order valence-electron chi connectivity index (χ2n) is 7.10. The van der Waals surface area contributed by atoms with Crippen molar-refractivity contribution in [3.8, 4) is 5.75 Å². The van der Waals surface area contributed by atoms with E-state index < -0.39 is 11.8 Å². The molecule has 3 rings (SSSR count). The predicted octanol–water partition coefficient (Wildman–Crippen LogP) is 2.54. The minimum Gasteiger partial charge on any atom is -0.508 e. The Hall–Kier alpha value is -3.68. The third-order valence-electron chi connectivity index (χ3n) is 4.82. The number of hydrazone groups is 1. The lowest BCUT2D eigenvalue weighted by molar-refractivity contribution is -0.136. The fourth-order valence-electron chi connectivity index (χ4n) is 3.30. The van der Waals surface area contributed by atoms with Crippen LogP contribution in [0.5, 0.6) is 5.75 Å². The van der Waals surface area contributed by atoms with Crippen LogP contribution in [0.3, 0.4) is 0 Å². The van der Waals surface area contributed by atoms with Crippen molar-refractivity contribution in [2.75, 3.05) is 5.32 Å². The van der Waals surface area contributed by atoms with Gasteiger partial charge in [-0.2, -0.15) is 5.10 Å². The van der Waals surface area contributed by atoms with Crippen LogP contribution in [0, 0.1) is 0 Å². The number of carbonyl (C=O) groups is 3. The van der Waals surface area contributed by atoms with Crippen molar-refractivity contribution in [3.63, 3.8) is 0 Å². The maximum atomic E-state index is 12.6. The predicted molar refractivity (Wildman–Crippen MR) is 113 cm³/mol. The molecule has 8 nitrogen and oxygen atoms in total. The Labute approximate surface area is 174 Å². The second-order valence-corrected chi connectivity index (χ2v) is 7.10. The lowest BCUT2D eigenvalue weighted by atomic mass is 9.95. The highest BCUT2D eigenvalue weighted by Crippen LogP contribution is 2.20. The Morgan fingerprint density at radius 3 is 2.50 bits per heavy atom. The number of phenolic OH excluding ortho intramolecular Hbond substituents is 1. The van der Waals surface area contributed by atoms with Crippen LogP contribution in [0.2, 0.25) is 0 Å². The van der Waals surface area contributed by atoms with E-state index >= 15 is 0 Å². The molecule has 2 aromatic rings. The van der Waals surface area contributed by atoms with Crippen molar-refractivity contribution in [2.45, 2.75) is 38.1 Å². The number of nitrogens with zero attached hydrogens (tertiary/aromatic N) is 1. The summed E-state index contributed by atoms with van der Waals surface area (Å²) in [7, 11) is 0. The first-order chi connectivity index (χ1) is 14.5. The van der Waals surface area contributed by atoms with Crippen LogP contribution in [-0.2, 0) is 9.59 Å². The number of nitrogens with one attached hydrogen (secondary N) is 3. The normalized spacial score (nSPS) is 14.3. The lowest BCUT2D eigenvalue weighted by Crippen LogP contribution is -2.37. The number of aromatic hydroxyl groups is 1. The Morgan fingerprint density at radius 1 is 0.967 bits per heavy atom. The molecule has 0 spiro atoms. The van der Waals surface area contributed by atoms with Crippen molar-refractivity contribution < 1.29 is 19.5 Å². The van der Waals surface area contributed by atoms with E-state index in [1.54, 1.807) is 36.4 Å².